The molecule has 0 bridgehead atoms. The Hall–Kier alpha value is -1.60. The summed E-state index contributed by atoms with van der Waals surface area (Å²) >= 11 is 0. The Kier molecular flexibility index (Phi) is 2.04. The van der Waals surface area contributed by atoms with Crippen LogP contribution in [0, 0.1) is 0 Å². The van der Waals surface area contributed by atoms with Crippen molar-refractivity contribution in [1.82, 2.24) is 5.32 Å². The van der Waals surface area contributed by atoms with Gasteiger partial charge < -0.3 is 5.32 Å². The molecule has 1 heteroatoms. The zero-order valence-electron chi connectivity index (χ0n) is 8.53. The Morgan fingerprint density at radius 3 is 2.53 bits per heavy atom. The zero-order chi connectivity index (χ0) is 10.1. The topological polar surface area (TPSA) is 12.0 Å². The van der Waals surface area contributed by atoms with Crippen LogP contribution in [-0.2, 0) is 13.1 Å². The minimum atomic E-state index is 1.00. The standard InChI is InChI=1S/C14H13N/c1-2-5-11(6-3-1)13-8-4-7-12-9-15-10-14(12)13/h1-8,15H,9-10H2. The van der Waals surface area contributed by atoms with Crippen LogP contribution in [0.3, 0.4) is 0 Å². The first-order valence-corrected chi connectivity index (χ1v) is 5.32. The Morgan fingerprint density at radius 2 is 1.67 bits per heavy atom. The molecule has 74 valence electrons. The number of hydrogen-bond acceptors (Lipinski definition) is 1. The van der Waals surface area contributed by atoms with Crippen LogP contribution >= 0.6 is 0 Å². The predicted octanol–water partition coefficient (Wildman–Crippen LogP) is 2.96. The van der Waals surface area contributed by atoms with E-state index >= 15 is 0 Å². The highest BCUT2D eigenvalue weighted by atomic mass is 14.9. The number of rotatable bonds is 1. The summed E-state index contributed by atoms with van der Waals surface area (Å²) in [6.07, 6.45) is 0. The van der Waals surface area contributed by atoms with Gasteiger partial charge in [0.15, 0.2) is 0 Å². The summed E-state index contributed by atoms with van der Waals surface area (Å²) in [5, 5.41) is 3.40. The van der Waals surface area contributed by atoms with Crippen molar-refractivity contribution in [2.75, 3.05) is 0 Å². The summed E-state index contributed by atoms with van der Waals surface area (Å²) in [7, 11) is 0. The normalized spacial score (nSPS) is 13.9. The second-order valence-electron chi connectivity index (χ2n) is 3.91. The molecule has 0 spiro atoms. The molecular formula is C14H13N. The van der Waals surface area contributed by atoms with E-state index in [1.54, 1.807) is 0 Å². The highest BCUT2D eigenvalue weighted by Gasteiger charge is 2.13. The molecule has 15 heavy (non-hydrogen) atoms. The number of fused-ring (bicyclic) bond motifs is 1. The van der Waals surface area contributed by atoms with Gasteiger partial charge in [0.1, 0.15) is 0 Å². The quantitative estimate of drug-likeness (QED) is 0.737. The SMILES string of the molecule is c1ccc(-c2cccc3c2CNC3)cc1. The van der Waals surface area contributed by atoms with Crippen molar-refractivity contribution < 1.29 is 0 Å². The molecule has 1 N–H and O–H groups in total. The number of benzene rings is 2. The molecule has 0 unspecified atom stereocenters. The minimum absolute atomic E-state index is 1.00. The third-order valence-electron chi connectivity index (χ3n) is 2.98. The van der Waals surface area contributed by atoms with E-state index in [1.807, 2.05) is 0 Å². The fourth-order valence-electron chi connectivity index (χ4n) is 2.22. The fourth-order valence-corrected chi connectivity index (χ4v) is 2.22. The lowest BCUT2D eigenvalue weighted by atomic mass is 9.97. The Balaban J connectivity index is 2.17. The first kappa shape index (κ1) is 8.69. The minimum Gasteiger partial charge on any atom is -0.309 e. The molecule has 0 fully saturated rings. The maximum Gasteiger partial charge on any atom is 0.0218 e. The summed E-state index contributed by atoms with van der Waals surface area (Å²) in [4.78, 5) is 0. The van der Waals surface area contributed by atoms with E-state index in [0.29, 0.717) is 0 Å². The number of nitrogens with one attached hydrogen (secondary N) is 1. The summed E-state index contributed by atoms with van der Waals surface area (Å²) in [5.74, 6) is 0. The maximum absolute atomic E-state index is 3.40. The second-order valence-corrected chi connectivity index (χ2v) is 3.91. The first-order valence-electron chi connectivity index (χ1n) is 5.32. The highest BCUT2D eigenvalue weighted by molar-refractivity contribution is 5.69. The van der Waals surface area contributed by atoms with Gasteiger partial charge in [-0.05, 0) is 22.3 Å². The second kappa shape index (κ2) is 3.52. The van der Waals surface area contributed by atoms with Crippen molar-refractivity contribution in [2.24, 2.45) is 0 Å². The van der Waals surface area contributed by atoms with Gasteiger partial charge in [0.05, 0.1) is 0 Å². The molecule has 2 aromatic carbocycles. The lowest BCUT2D eigenvalue weighted by Gasteiger charge is -2.07. The van der Waals surface area contributed by atoms with Gasteiger partial charge in [-0.3, -0.25) is 0 Å². The molecule has 1 heterocycles. The first-order chi connectivity index (χ1) is 7.45. The van der Waals surface area contributed by atoms with Crippen LogP contribution in [0.1, 0.15) is 11.1 Å². The van der Waals surface area contributed by atoms with Crippen molar-refractivity contribution in [1.29, 1.82) is 0 Å². The molecule has 1 aliphatic rings. The molecule has 0 radical (unpaired) electrons. The summed E-state index contributed by atoms with van der Waals surface area (Å²) in [5.41, 5.74) is 5.59. The van der Waals surface area contributed by atoms with E-state index in [-0.39, 0.29) is 0 Å². The van der Waals surface area contributed by atoms with Gasteiger partial charge in [-0.25, -0.2) is 0 Å². The molecule has 0 atom stereocenters. The fraction of sp³-hybridized carbons (Fsp3) is 0.143. The zero-order valence-corrected chi connectivity index (χ0v) is 8.53. The van der Waals surface area contributed by atoms with Crippen LogP contribution in [0.4, 0.5) is 0 Å². The number of hydrogen-bond donors (Lipinski definition) is 1. The largest absolute Gasteiger partial charge is 0.309 e. The van der Waals surface area contributed by atoms with Crippen LogP contribution in [-0.4, -0.2) is 0 Å². The third-order valence-corrected chi connectivity index (χ3v) is 2.98. The molecule has 2 aromatic rings. The van der Waals surface area contributed by atoms with Crippen molar-refractivity contribution >= 4 is 0 Å². The van der Waals surface area contributed by atoms with E-state index in [2.05, 4.69) is 53.8 Å². The summed E-state index contributed by atoms with van der Waals surface area (Å²) in [6, 6.07) is 17.2. The molecule has 1 aliphatic heterocycles. The van der Waals surface area contributed by atoms with Gasteiger partial charge in [0, 0.05) is 13.1 Å². The Bertz CT molecular complexity index is 474. The van der Waals surface area contributed by atoms with Crippen LogP contribution in [0.25, 0.3) is 11.1 Å². The van der Waals surface area contributed by atoms with E-state index in [0.717, 1.165) is 13.1 Å². The molecule has 0 aromatic heterocycles. The lowest BCUT2D eigenvalue weighted by Crippen LogP contribution is -2.00. The average Bonchev–Trinajstić information content (AvgIpc) is 2.78. The maximum atomic E-state index is 3.40. The van der Waals surface area contributed by atoms with E-state index in [1.165, 1.54) is 22.3 Å². The average molecular weight is 195 g/mol. The molecular weight excluding hydrogens is 182 g/mol. The van der Waals surface area contributed by atoms with Crippen LogP contribution < -0.4 is 5.32 Å². The molecule has 0 saturated carbocycles. The Labute approximate surface area is 89.8 Å². The monoisotopic (exact) mass is 195 g/mol. The van der Waals surface area contributed by atoms with E-state index < -0.39 is 0 Å². The van der Waals surface area contributed by atoms with E-state index in [4.69, 9.17) is 0 Å². The van der Waals surface area contributed by atoms with Gasteiger partial charge in [-0.1, -0.05) is 48.5 Å². The highest BCUT2D eigenvalue weighted by Crippen LogP contribution is 2.28. The van der Waals surface area contributed by atoms with Crippen molar-refractivity contribution in [2.45, 2.75) is 13.1 Å². The summed E-state index contributed by atoms with van der Waals surface area (Å²) < 4.78 is 0. The van der Waals surface area contributed by atoms with Crippen LogP contribution in [0.2, 0.25) is 0 Å². The molecule has 0 aliphatic carbocycles. The summed E-state index contributed by atoms with van der Waals surface area (Å²) in [6.45, 7) is 2.01. The molecule has 3 rings (SSSR count). The van der Waals surface area contributed by atoms with Crippen molar-refractivity contribution in [3.63, 3.8) is 0 Å². The predicted molar refractivity (Wildman–Crippen MR) is 62.4 cm³/mol. The van der Waals surface area contributed by atoms with Crippen molar-refractivity contribution in [3.05, 3.63) is 59.7 Å². The molecule has 0 saturated heterocycles. The van der Waals surface area contributed by atoms with Crippen LogP contribution in [0.15, 0.2) is 48.5 Å². The molecule has 0 amide bonds. The third kappa shape index (κ3) is 1.45. The van der Waals surface area contributed by atoms with Crippen molar-refractivity contribution in [3.8, 4) is 11.1 Å². The van der Waals surface area contributed by atoms with Gasteiger partial charge in [-0.15, -0.1) is 0 Å². The lowest BCUT2D eigenvalue weighted by molar-refractivity contribution is 0.765. The smallest absolute Gasteiger partial charge is 0.0218 e. The molecule has 1 nitrogen and oxygen atoms in total. The Morgan fingerprint density at radius 1 is 0.800 bits per heavy atom. The van der Waals surface area contributed by atoms with Gasteiger partial charge in [0.25, 0.3) is 0 Å². The van der Waals surface area contributed by atoms with Crippen LogP contribution in [0.5, 0.6) is 0 Å². The van der Waals surface area contributed by atoms with Gasteiger partial charge >= 0.3 is 0 Å². The van der Waals surface area contributed by atoms with E-state index in [9.17, 15) is 0 Å². The van der Waals surface area contributed by atoms with Gasteiger partial charge in [0.2, 0.25) is 0 Å². The van der Waals surface area contributed by atoms with Gasteiger partial charge in [-0.2, -0.15) is 0 Å².